The van der Waals surface area contributed by atoms with Crippen LogP contribution in [0.15, 0.2) is 36.7 Å². The van der Waals surface area contributed by atoms with Gasteiger partial charge >= 0.3 is 0 Å². The summed E-state index contributed by atoms with van der Waals surface area (Å²) in [5.74, 6) is 1.90. The molecule has 0 fully saturated rings. The molecule has 0 unspecified atom stereocenters. The quantitative estimate of drug-likeness (QED) is 0.619. The Balaban J connectivity index is 1.67. The molecule has 0 saturated carbocycles. The summed E-state index contributed by atoms with van der Waals surface area (Å²) in [6.45, 7) is 2.51. The molecular formula is C15H22N4O. The van der Waals surface area contributed by atoms with Gasteiger partial charge in [-0.25, -0.2) is 4.98 Å². The molecule has 20 heavy (non-hydrogen) atoms. The number of aromatic nitrogens is 2. The second-order valence-electron chi connectivity index (χ2n) is 4.97. The van der Waals surface area contributed by atoms with Crippen LogP contribution >= 0.6 is 0 Å². The van der Waals surface area contributed by atoms with Crippen molar-refractivity contribution >= 4 is 5.69 Å². The number of benzene rings is 1. The first-order valence-electron chi connectivity index (χ1n) is 6.78. The largest absolute Gasteiger partial charge is 0.493 e. The number of nitrogen functional groups attached to an aromatic ring is 1. The van der Waals surface area contributed by atoms with Crippen LogP contribution in [0.25, 0.3) is 0 Å². The number of hydrogen-bond donors (Lipinski definition) is 1. The van der Waals surface area contributed by atoms with Crippen molar-refractivity contribution < 1.29 is 4.74 Å². The SMILES string of the molecule is CN(CCCOc1cccc(N)c1)Cc1nccn1C. The highest BCUT2D eigenvalue weighted by Gasteiger charge is 2.04. The molecule has 0 amide bonds. The molecule has 0 spiro atoms. The molecule has 0 saturated heterocycles. The summed E-state index contributed by atoms with van der Waals surface area (Å²) in [6.07, 6.45) is 4.76. The Morgan fingerprint density at radius 1 is 1.40 bits per heavy atom. The van der Waals surface area contributed by atoms with Crippen molar-refractivity contribution in [3.05, 3.63) is 42.5 Å². The van der Waals surface area contributed by atoms with Gasteiger partial charge in [0.1, 0.15) is 11.6 Å². The number of imidazole rings is 1. The number of hydrogen-bond acceptors (Lipinski definition) is 4. The Kier molecular flexibility index (Phi) is 5.01. The Morgan fingerprint density at radius 2 is 2.25 bits per heavy atom. The molecule has 108 valence electrons. The maximum absolute atomic E-state index is 5.70. The van der Waals surface area contributed by atoms with E-state index in [9.17, 15) is 0 Å². The molecule has 5 nitrogen and oxygen atoms in total. The molecule has 2 aromatic rings. The third kappa shape index (κ3) is 4.28. The Morgan fingerprint density at radius 3 is 2.95 bits per heavy atom. The van der Waals surface area contributed by atoms with E-state index in [0.717, 1.165) is 36.8 Å². The van der Waals surface area contributed by atoms with Gasteiger partial charge in [0.15, 0.2) is 0 Å². The van der Waals surface area contributed by atoms with Crippen molar-refractivity contribution in [1.82, 2.24) is 14.5 Å². The molecule has 0 atom stereocenters. The van der Waals surface area contributed by atoms with Crippen molar-refractivity contribution in [3.8, 4) is 5.75 Å². The normalized spacial score (nSPS) is 10.9. The van der Waals surface area contributed by atoms with Crippen LogP contribution in [-0.2, 0) is 13.6 Å². The first-order chi connectivity index (χ1) is 9.65. The van der Waals surface area contributed by atoms with Crippen LogP contribution in [0.3, 0.4) is 0 Å². The summed E-state index contributed by atoms with van der Waals surface area (Å²) in [5.41, 5.74) is 6.43. The van der Waals surface area contributed by atoms with Crippen LogP contribution in [0.4, 0.5) is 5.69 Å². The minimum Gasteiger partial charge on any atom is -0.493 e. The van der Waals surface area contributed by atoms with Gasteiger partial charge in [-0.3, -0.25) is 4.90 Å². The molecule has 0 aliphatic heterocycles. The third-order valence-corrected chi connectivity index (χ3v) is 3.14. The summed E-state index contributed by atoms with van der Waals surface area (Å²) < 4.78 is 7.71. The molecule has 2 rings (SSSR count). The molecule has 0 radical (unpaired) electrons. The predicted octanol–water partition coefficient (Wildman–Crippen LogP) is 1.90. The standard InChI is InChI=1S/C15H22N4O/c1-18(12-15-17-7-9-19(15)2)8-4-10-20-14-6-3-5-13(16)11-14/h3,5-7,9,11H,4,8,10,12,16H2,1-2H3. The molecule has 5 heteroatoms. The maximum atomic E-state index is 5.70. The molecular weight excluding hydrogens is 252 g/mol. The molecule has 1 aromatic heterocycles. The highest BCUT2D eigenvalue weighted by Crippen LogP contribution is 2.14. The van der Waals surface area contributed by atoms with Gasteiger partial charge in [0, 0.05) is 37.7 Å². The fraction of sp³-hybridized carbons (Fsp3) is 0.400. The van der Waals surface area contributed by atoms with E-state index in [1.807, 2.05) is 48.3 Å². The molecule has 0 bridgehead atoms. The Labute approximate surface area is 120 Å². The minimum absolute atomic E-state index is 0.689. The zero-order chi connectivity index (χ0) is 14.4. The molecule has 0 aliphatic carbocycles. The van der Waals surface area contributed by atoms with Crippen molar-refractivity contribution in [1.29, 1.82) is 0 Å². The van der Waals surface area contributed by atoms with Crippen LogP contribution in [-0.4, -0.2) is 34.7 Å². The lowest BCUT2D eigenvalue weighted by molar-refractivity contribution is 0.254. The fourth-order valence-electron chi connectivity index (χ4n) is 2.00. The number of anilines is 1. The Bertz CT molecular complexity index is 538. The van der Waals surface area contributed by atoms with E-state index >= 15 is 0 Å². The van der Waals surface area contributed by atoms with Crippen LogP contribution in [0.5, 0.6) is 5.75 Å². The molecule has 1 heterocycles. The minimum atomic E-state index is 0.689. The first kappa shape index (κ1) is 14.4. The van der Waals surface area contributed by atoms with E-state index < -0.39 is 0 Å². The predicted molar refractivity (Wildman–Crippen MR) is 80.5 cm³/mol. The van der Waals surface area contributed by atoms with Gasteiger partial charge in [0.2, 0.25) is 0 Å². The van der Waals surface area contributed by atoms with Gasteiger partial charge in [-0.15, -0.1) is 0 Å². The zero-order valence-electron chi connectivity index (χ0n) is 12.1. The smallest absolute Gasteiger partial charge is 0.122 e. The molecule has 0 aliphatic rings. The number of nitrogens with zero attached hydrogens (tertiary/aromatic N) is 3. The van der Waals surface area contributed by atoms with Gasteiger partial charge < -0.3 is 15.0 Å². The lowest BCUT2D eigenvalue weighted by atomic mass is 10.3. The lowest BCUT2D eigenvalue weighted by Gasteiger charge is -2.16. The highest BCUT2D eigenvalue weighted by atomic mass is 16.5. The van der Waals surface area contributed by atoms with Gasteiger partial charge in [0.25, 0.3) is 0 Å². The van der Waals surface area contributed by atoms with E-state index in [1.54, 1.807) is 0 Å². The zero-order valence-corrected chi connectivity index (χ0v) is 12.1. The average molecular weight is 274 g/mol. The van der Waals surface area contributed by atoms with Gasteiger partial charge in [0.05, 0.1) is 13.2 Å². The summed E-state index contributed by atoms with van der Waals surface area (Å²) in [6, 6.07) is 7.52. The summed E-state index contributed by atoms with van der Waals surface area (Å²) >= 11 is 0. The van der Waals surface area contributed by atoms with E-state index in [0.29, 0.717) is 6.61 Å². The fourth-order valence-corrected chi connectivity index (χ4v) is 2.00. The van der Waals surface area contributed by atoms with Crippen molar-refractivity contribution in [3.63, 3.8) is 0 Å². The average Bonchev–Trinajstić information content (AvgIpc) is 2.80. The van der Waals surface area contributed by atoms with Crippen molar-refractivity contribution in [2.45, 2.75) is 13.0 Å². The number of aryl methyl sites for hydroxylation is 1. The number of ether oxygens (including phenoxy) is 1. The van der Waals surface area contributed by atoms with E-state index in [1.165, 1.54) is 0 Å². The highest BCUT2D eigenvalue weighted by molar-refractivity contribution is 5.43. The second kappa shape index (κ2) is 6.96. The van der Waals surface area contributed by atoms with Crippen LogP contribution in [0.2, 0.25) is 0 Å². The van der Waals surface area contributed by atoms with E-state index in [-0.39, 0.29) is 0 Å². The lowest BCUT2D eigenvalue weighted by Crippen LogP contribution is -2.22. The van der Waals surface area contributed by atoms with Crippen molar-refractivity contribution in [2.75, 3.05) is 25.9 Å². The van der Waals surface area contributed by atoms with Crippen molar-refractivity contribution in [2.24, 2.45) is 7.05 Å². The van der Waals surface area contributed by atoms with Crippen LogP contribution < -0.4 is 10.5 Å². The molecule has 2 N–H and O–H groups in total. The maximum Gasteiger partial charge on any atom is 0.122 e. The topological polar surface area (TPSA) is 56.3 Å². The van der Waals surface area contributed by atoms with Gasteiger partial charge in [-0.2, -0.15) is 0 Å². The molecule has 1 aromatic carbocycles. The monoisotopic (exact) mass is 274 g/mol. The van der Waals surface area contributed by atoms with E-state index in [2.05, 4.69) is 16.9 Å². The summed E-state index contributed by atoms with van der Waals surface area (Å²) in [5, 5.41) is 0. The first-order valence-corrected chi connectivity index (χ1v) is 6.78. The summed E-state index contributed by atoms with van der Waals surface area (Å²) in [7, 11) is 4.11. The summed E-state index contributed by atoms with van der Waals surface area (Å²) in [4.78, 5) is 6.56. The number of nitrogens with two attached hydrogens (primary N) is 1. The van der Waals surface area contributed by atoms with Crippen LogP contribution in [0, 0.1) is 0 Å². The van der Waals surface area contributed by atoms with Gasteiger partial charge in [-0.1, -0.05) is 6.07 Å². The Hall–Kier alpha value is -2.01. The van der Waals surface area contributed by atoms with E-state index in [4.69, 9.17) is 10.5 Å². The van der Waals surface area contributed by atoms with Gasteiger partial charge in [-0.05, 0) is 25.6 Å². The second-order valence-corrected chi connectivity index (χ2v) is 4.97. The van der Waals surface area contributed by atoms with Crippen LogP contribution in [0.1, 0.15) is 12.2 Å². The number of rotatable bonds is 7. The third-order valence-electron chi connectivity index (χ3n) is 3.14.